The molecule has 15 heterocycles. The van der Waals surface area contributed by atoms with Crippen molar-refractivity contribution >= 4 is 189 Å². The van der Waals surface area contributed by atoms with E-state index >= 15 is 0 Å². The standard InChI is InChI=1S/C20H17NSi.C18H9NO3.C18H9NO2.C18H11NO2.C18H9NS3.C18H11NS2/c1-22(2)18-12-6-5-11-17(18)21-16-10-4-3-8-14(16)15-9-7-13-19(22)20(15)21;1-4-10-16-11(5-1)21-13-7-3-9-15-18(13)19(16)17-12(20-10)6-2-8-14(17)22-15;1-4-10-11-5-2-7-13-17(11)19-16(10)12(6-1)20-14-8-3-9-15(21-13)18(14)19;1-3-8-14-12(6-1)19-13-7-2-4-9-15(13)21-17-11-5-10-16(20-14)18(17)19;1-4-10-16-11(5-1)21-13-7-3-9-15-18(13)19(16)17-12(20-10)6-2-8-14(17)22-15;1-3-8-14-12(6-1)19-13-7-2-4-9-15(13)21-17-11-5-10-16(20-14)18(17)19/h3-13H,1-2H3;1-9H;1-9H;1-11H;1-9H;1-11H. The van der Waals surface area contributed by atoms with E-state index in [9.17, 15) is 0 Å². The highest BCUT2D eigenvalue weighted by atomic mass is 32.2. The number of para-hydroxylation sites is 20. The molecule has 0 atom stereocenters. The van der Waals surface area contributed by atoms with E-state index in [1.807, 2.05) is 210 Å². The van der Waals surface area contributed by atoms with Gasteiger partial charge in [-0.25, -0.2) is 0 Å². The third kappa shape index (κ3) is 10.9. The Labute approximate surface area is 762 Å². The fraction of sp³-hybridized carbons (Fsp3) is 0.0182. The number of ether oxygens (including phenoxy) is 7. The summed E-state index contributed by atoms with van der Waals surface area (Å²) in [6.45, 7) is 4.95. The lowest BCUT2D eigenvalue weighted by Crippen LogP contribution is -2.57. The molecule has 0 N–H and O–H groups in total. The van der Waals surface area contributed by atoms with Gasteiger partial charge in [-0.05, 0) is 192 Å². The van der Waals surface area contributed by atoms with Crippen molar-refractivity contribution in [1.29, 1.82) is 0 Å². The number of hydrogen-bond donors (Lipinski definition) is 0. The predicted octanol–water partition coefficient (Wildman–Crippen LogP) is 32.4. The summed E-state index contributed by atoms with van der Waals surface area (Å²) in [4.78, 5) is 22.8. The highest BCUT2D eigenvalue weighted by Crippen LogP contribution is 2.70. The van der Waals surface area contributed by atoms with E-state index in [0.29, 0.717) is 0 Å². The highest BCUT2D eigenvalue weighted by molar-refractivity contribution is 8.02. The molecule has 0 bridgehead atoms. The molecule has 0 saturated carbocycles. The van der Waals surface area contributed by atoms with Crippen molar-refractivity contribution in [3.63, 3.8) is 0 Å². The predicted molar refractivity (Wildman–Crippen MR) is 524 cm³/mol. The average Bonchev–Trinajstić information content (AvgIpc) is 1.55. The highest BCUT2D eigenvalue weighted by Gasteiger charge is 2.45. The Bertz CT molecular complexity index is 7460. The zero-order valence-corrected chi connectivity index (χ0v) is 73.8. The molecule has 0 radical (unpaired) electrons. The van der Waals surface area contributed by atoms with Gasteiger partial charge in [0, 0.05) is 76.2 Å². The Kier molecular flexibility index (Phi) is 16.0. The van der Waals surface area contributed by atoms with Gasteiger partial charge in [0.2, 0.25) is 0 Å². The van der Waals surface area contributed by atoms with Gasteiger partial charge in [-0.2, -0.15) is 0 Å². The summed E-state index contributed by atoms with van der Waals surface area (Å²) < 4.78 is 47.1. The number of rotatable bonds is 0. The van der Waals surface area contributed by atoms with Crippen molar-refractivity contribution in [1.82, 2.24) is 9.13 Å². The molecule has 2 aromatic heterocycles. The Balaban J connectivity index is 0.0000000781. The number of benzene rings is 18. The molecule has 0 aliphatic carbocycles. The topological polar surface area (TPSA) is 87.4 Å². The lowest BCUT2D eigenvalue weighted by Gasteiger charge is -2.42. The molecule has 20 aromatic rings. The first-order chi connectivity index (χ1) is 63.7. The van der Waals surface area contributed by atoms with Crippen LogP contribution in [0.3, 0.4) is 0 Å². The Morgan fingerprint density at radius 1 is 0.178 bits per heavy atom. The molecule has 13 nitrogen and oxygen atoms in total. The quantitative estimate of drug-likeness (QED) is 0.135. The third-order valence-corrected chi connectivity index (χ3v) is 34.7. The van der Waals surface area contributed by atoms with Gasteiger partial charge in [0.1, 0.15) is 36.5 Å². The summed E-state index contributed by atoms with van der Waals surface area (Å²) in [6.07, 6.45) is 0. The smallest absolute Gasteiger partial charge is 0.155 e. The Morgan fingerprint density at radius 2 is 0.434 bits per heavy atom. The molecule has 0 unspecified atom stereocenters. The van der Waals surface area contributed by atoms with Crippen LogP contribution in [0.1, 0.15) is 0 Å². The molecule has 0 amide bonds. The molecule has 13 aliphatic rings. The van der Waals surface area contributed by atoms with Crippen molar-refractivity contribution < 1.29 is 33.2 Å². The van der Waals surface area contributed by atoms with Crippen molar-refractivity contribution in [2.45, 2.75) is 62.0 Å². The fourth-order valence-electron chi connectivity index (χ4n) is 20.3. The Hall–Kier alpha value is -14.7. The minimum Gasteiger partial charge on any atom is -0.453 e. The van der Waals surface area contributed by atoms with Crippen LogP contribution >= 0.6 is 58.8 Å². The normalized spacial score (nSPS) is 14.4. The largest absolute Gasteiger partial charge is 0.453 e. The van der Waals surface area contributed by atoms with Crippen LogP contribution in [0.4, 0.5) is 68.2 Å². The number of nitrogens with zero attached hydrogens (tertiary/aromatic N) is 6. The molecule has 19 heteroatoms. The molecular formula is C110H66N6O7S5Si. The lowest BCUT2D eigenvalue weighted by atomic mass is 10.0. The van der Waals surface area contributed by atoms with Crippen molar-refractivity contribution in [3.05, 3.63) is 364 Å². The van der Waals surface area contributed by atoms with Crippen LogP contribution in [-0.2, 0) is 0 Å². The zero-order valence-electron chi connectivity index (χ0n) is 68.7. The van der Waals surface area contributed by atoms with E-state index in [2.05, 4.69) is 254 Å². The van der Waals surface area contributed by atoms with Gasteiger partial charge in [0.15, 0.2) is 80.5 Å². The molecule has 18 aromatic carbocycles. The second-order valence-corrected chi connectivity index (χ2v) is 42.9. The summed E-state index contributed by atoms with van der Waals surface area (Å²) in [5.41, 5.74) is 21.3. The minimum atomic E-state index is -1.65. The summed E-state index contributed by atoms with van der Waals surface area (Å²) in [5.74, 6) is 11.6. The molecule has 612 valence electrons. The molecule has 0 saturated heterocycles. The number of anilines is 12. The fourth-order valence-corrected chi connectivity index (χ4v) is 29.1. The van der Waals surface area contributed by atoms with Crippen LogP contribution in [0.2, 0.25) is 13.1 Å². The van der Waals surface area contributed by atoms with Crippen LogP contribution in [0.15, 0.2) is 413 Å². The van der Waals surface area contributed by atoms with Crippen molar-refractivity contribution in [2.24, 2.45) is 0 Å². The van der Waals surface area contributed by atoms with E-state index in [1.54, 1.807) is 5.19 Å². The zero-order chi connectivity index (χ0) is 84.6. The first-order valence-electron chi connectivity index (χ1n) is 42.8. The molecule has 129 heavy (non-hydrogen) atoms. The lowest BCUT2D eigenvalue weighted by molar-refractivity contribution is 0.418. The van der Waals surface area contributed by atoms with E-state index < -0.39 is 8.07 Å². The first kappa shape index (κ1) is 73.5. The third-order valence-electron chi connectivity index (χ3n) is 25.7. The van der Waals surface area contributed by atoms with Gasteiger partial charge in [-0.3, -0.25) is 14.4 Å². The van der Waals surface area contributed by atoms with Crippen LogP contribution in [-0.4, -0.2) is 17.2 Å². The molecule has 33 rings (SSSR count). The monoisotopic (exact) mass is 1770 g/mol. The van der Waals surface area contributed by atoms with Crippen LogP contribution in [0.5, 0.6) is 80.5 Å². The van der Waals surface area contributed by atoms with Gasteiger partial charge in [0.25, 0.3) is 0 Å². The van der Waals surface area contributed by atoms with Crippen LogP contribution < -0.4 is 63.1 Å². The van der Waals surface area contributed by atoms with Crippen molar-refractivity contribution in [3.8, 4) is 91.9 Å². The second kappa shape index (κ2) is 28.2. The maximum Gasteiger partial charge on any atom is 0.155 e. The minimum absolute atomic E-state index is 0.796. The van der Waals surface area contributed by atoms with Gasteiger partial charge < -0.3 is 47.5 Å². The SMILES string of the molecule is C[Si]1(C)c2ccccc2-n2c3ccccc3c3cccc1c32.c1cc2c3c(c1)Oc1cccc4c1N3c1c(cccc1O4)O2.c1cc2c3c(c1)Oc1cccc4c5cccc(c5n-3c14)O2.c1cc2c3c(c1)Sc1cccc4c1N3c1c(cccc1S4)S2.c1ccc2c(c1)Oc1cccc3c1N2c1ccccc1O3.c1ccc2c(c1)Sc1cccc3c1N2c1ccccc1S3. The van der Waals surface area contributed by atoms with E-state index in [0.717, 1.165) is 131 Å². The van der Waals surface area contributed by atoms with E-state index in [-0.39, 0.29) is 0 Å². The number of hydrogen-bond acceptors (Lipinski definition) is 16. The molecule has 0 spiro atoms. The maximum absolute atomic E-state index is 6.09. The molecule has 0 fully saturated rings. The van der Waals surface area contributed by atoms with Crippen LogP contribution in [0, 0.1) is 0 Å². The summed E-state index contributed by atoms with van der Waals surface area (Å²) in [6, 6.07) is 127. The molecular weight excluding hydrogens is 1710 g/mol. The maximum atomic E-state index is 6.09. The van der Waals surface area contributed by atoms with Gasteiger partial charge in [-0.15, -0.1) is 0 Å². The summed E-state index contributed by atoms with van der Waals surface area (Å²) in [5, 5.41) is 8.26. The van der Waals surface area contributed by atoms with E-state index in [1.165, 1.54) is 127 Å². The number of fused-ring (bicyclic) bond motifs is 14. The van der Waals surface area contributed by atoms with Crippen LogP contribution in [0.25, 0.3) is 55.0 Å². The average molecular weight is 1770 g/mol. The Morgan fingerprint density at radius 3 is 0.876 bits per heavy atom. The van der Waals surface area contributed by atoms with Gasteiger partial charge in [0.05, 0.1) is 67.6 Å². The summed E-state index contributed by atoms with van der Waals surface area (Å²) >= 11 is 9.44. The summed E-state index contributed by atoms with van der Waals surface area (Å²) in [7, 11) is -1.65. The first-order valence-corrected chi connectivity index (χ1v) is 49.9. The van der Waals surface area contributed by atoms with Gasteiger partial charge in [-0.1, -0.05) is 254 Å². The number of aromatic nitrogens is 2. The van der Waals surface area contributed by atoms with E-state index in [4.69, 9.17) is 33.2 Å². The second-order valence-electron chi connectivity index (χ2n) is 33.2. The van der Waals surface area contributed by atoms with Gasteiger partial charge >= 0.3 is 0 Å². The van der Waals surface area contributed by atoms with Crippen molar-refractivity contribution in [2.75, 3.05) is 19.6 Å². The molecule has 13 aliphatic heterocycles.